The van der Waals surface area contributed by atoms with Crippen molar-refractivity contribution in [1.82, 2.24) is 14.8 Å². The van der Waals surface area contributed by atoms with Gasteiger partial charge in [0.15, 0.2) is 0 Å². The van der Waals surface area contributed by atoms with Crippen LogP contribution in [0.2, 0.25) is 0 Å². The van der Waals surface area contributed by atoms with Crippen LogP contribution in [-0.4, -0.2) is 14.8 Å². The second-order valence-electron chi connectivity index (χ2n) is 6.03. The first-order valence-electron chi connectivity index (χ1n) is 8.43. The quantitative estimate of drug-likeness (QED) is 0.629. The highest BCUT2D eigenvalue weighted by Crippen LogP contribution is 2.32. The highest BCUT2D eigenvalue weighted by molar-refractivity contribution is 5.92. The lowest BCUT2D eigenvalue weighted by Gasteiger charge is -2.15. The maximum Gasteiger partial charge on any atom is 0.123 e. The number of rotatable bonds is 5. The number of halogens is 1. The fraction of sp³-hybridized carbons (Fsp3) is 0.300. The van der Waals surface area contributed by atoms with Gasteiger partial charge in [-0.05, 0) is 48.6 Å². The third kappa shape index (κ3) is 2.96. The molecule has 0 saturated heterocycles. The molecule has 0 N–H and O–H groups in total. The van der Waals surface area contributed by atoms with Crippen LogP contribution in [0.4, 0.5) is 4.39 Å². The lowest BCUT2D eigenvalue weighted by molar-refractivity contribution is 0.627. The third-order valence-corrected chi connectivity index (χ3v) is 4.45. The van der Waals surface area contributed by atoms with Gasteiger partial charge in [-0.15, -0.1) is 0 Å². The van der Waals surface area contributed by atoms with E-state index in [1.165, 1.54) is 17.7 Å². The summed E-state index contributed by atoms with van der Waals surface area (Å²) in [6.45, 7) is 6.59. The molecule has 3 rings (SSSR count). The number of nitrogens with zero attached hydrogens (tertiary/aromatic N) is 3. The Hall–Kier alpha value is -2.49. The Labute approximate surface area is 141 Å². The number of hydrogen-bond acceptors (Lipinski definition) is 2. The topological polar surface area (TPSA) is 30.7 Å². The van der Waals surface area contributed by atoms with Crippen molar-refractivity contribution in [2.45, 2.75) is 33.6 Å². The second kappa shape index (κ2) is 6.95. The Morgan fingerprint density at radius 2 is 1.92 bits per heavy atom. The van der Waals surface area contributed by atoms with Gasteiger partial charge in [0.2, 0.25) is 0 Å². The molecule has 0 radical (unpaired) electrons. The maximum absolute atomic E-state index is 13.2. The van der Waals surface area contributed by atoms with E-state index in [1.54, 1.807) is 12.1 Å². The summed E-state index contributed by atoms with van der Waals surface area (Å²) in [5.41, 5.74) is 4.22. The summed E-state index contributed by atoms with van der Waals surface area (Å²) in [4.78, 5) is 4.43. The van der Waals surface area contributed by atoms with Gasteiger partial charge < -0.3 is 0 Å². The summed E-state index contributed by atoms with van der Waals surface area (Å²) >= 11 is 0. The van der Waals surface area contributed by atoms with Gasteiger partial charge in [0.05, 0.1) is 23.6 Å². The Balaban J connectivity index is 2.16. The first-order valence-corrected chi connectivity index (χ1v) is 8.43. The fourth-order valence-corrected chi connectivity index (χ4v) is 2.98. The van der Waals surface area contributed by atoms with E-state index in [1.807, 2.05) is 23.3 Å². The minimum absolute atomic E-state index is 0.251. The molecule has 1 atom stereocenters. The lowest BCUT2D eigenvalue weighted by atomic mass is 9.90. The number of benzene rings is 1. The number of fused-ring (bicyclic) bond motifs is 1. The second-order valence-corrected chi connectivity index (χ2v) is 6.03. The third-order valence-electron chi connectivity index (χ3n) is 4.45. The van der Waals surface area contributed by atoms with E-state index < -0.39 is 0 Å². The molecule has 0 aliphatic carbocycles. The molecule has 0 spiro atoms. The largest absolute Gasteiger partial charge is 0.262 e. The van der Waals surface area contributed by atoms with Gasteiger partial charge in [0.1, 0.15) is 5.82 Å². The van der Waals surface area contributed by atoms with E-state index in [-0.39, 0.29) is 5.82 Å². The lowest BCUT2D eigenvalue weighted by Crippen LogP contribution is -2.00. The molecule has 0 aliphatic rings. The SMILES string of the molecule is CCC=C(c1cncc2c1cnn2-c1ccc(F)cc1)C(C)CC. The standard InChI is InChI=1S/C20H22FN3/c1-4-6-17(14(3)5-2)18-11-22-13-20-19(18)12-23-24(20)16-9-7-15(21)8-10-16/h6-14H,4-5H2,1-3H3. The molecule has 2 aromatic heterocycles. The van der Waals surface area contributed by atoms with E-state index in [4.69, 9.17) is 0 Å². The van der Waals surface area contributed by atoms with Gasteiger partial charge in [-0.2, -0.15) is 5.10 Å². The zero-order chi connectivity index (χ0) is 17.1. The van der Waals surface area contributed by atoms with Gasteiger partial charge >= 0.3 is 0 Å². The molecule has 0 fully saturated rings. The van der Waals surface area contributed by atoms with Crippen molar-refractivity contribution in [1.29, 1.82) is 0 Å². The highest BCUT2D eigenvalue weighted by Gasteiger charge is 2.15. The molecule has 0 saturated carbocycles. The van der Waals surface area contributed by atoms with Crippen LogP contribution in [-0.2, 0) is 0 Å². The van der Waals surface area contributed by atoms with E-state index >= 15 is 0 Å². The van der Waals surface area contributed by atoms with Gasteiger partial charge in [-0.1, -0.05) is 26.8 Å². The van der Waals surface area contributed by atoms with Gasteiger partial charge in [0.25, 0.3) is 0 Å². The summed E-state index contributed by atoms with van der Waals surface area (Å²) in [6, 6.07) is 6.35. The minimum atomic E-state index is -0.251. The molecule has 4 heteroatoms. The minimum Gasteiger partial charge on any atom is -0.262 e. The molecule has 24 heavy (non-hydrogen) atoms. The molecule has 2 heterocycles. The number of aromatic nitrogens is 3. The van der Waals surface area contributed by atoms with Crippen LogP contribution in [0.15, 0.2) is 48.9 Å². The van der Waals surface area contributed by atoms with E-state index in [0.29, 0.717) is 5.92 Å². The summed E-state index contributed by atoms with van der Waals surface area (Å²) in [5, 5.41) is 5.59. The van der Waals surface area contributed by atoms with Gasteiger partial charge in [-0.3, -0.25) is 4.98 Å². The summed E-state index contributed by atoms with van der Waals surface area (Å²) in [7, 11) is 0. The average molecular weight is 323 g/mol. The summed E-state index contributed by atoms with van der Waals surface area (Å²) in [6.07, 6.45) is 9.96. The van der Waals surface area contributed by atoms with E-state index in [9.17, 15) is 4.39 Å². The Morgan fingerprint density at radius 3 is 2.58 bits per heavy atom. The number of hydrogen-bond donors (Lipinski definition) is 0. The number of pyridine rings is 1. The average Bonchev–Trinajstić information content (AvgIpc) is 3.04. The number of allylic oxidation sites excluding steroid dienone is 2. The normalized spacial score (nSPS) is 13.4. The zero-order valence-electron chi connectivity index (χ0n) is 14.3. The molecule has 3 nitrogen and oxygen atoms in total. The molecule has 0 aliphatic heterocycles. The van der Waals surface area contributed by atoms with Crippen molar-refractivity contribution >= 4 is 16.5 Å². The Kier molecular flexibility index (Phi) is 4.74. The van der Waals surface area contributed by atoms with Crippen LogP contribution in [0.3, 0.4) is 0 Å². The van der Waals surface area contributed by atoms with Crippen LogP contribution in [0.5, 0.6) is 0 Å². The predicted molar refractivity (Wildman–Crippen MR) is 96.5 cm³/mol. The monoisotopic (exact) mass is 323 g/mol. The van der Waals surface area contributed by atoms with Crippen molar-refractivity contribution in [3.05, 3.63) is 60.3 Å². The molecular weight excluding hydrogens is 301 g/mol. The molecule has 1 aromatic carbocycles. The zero-order valence-corrected chi connectivity index (χ0v) is 14.3. The predicted octanol–water partition coefficient (Wildman–Crippen LogP) is 5.40. The molecule has 3 aromatic rings. The highest BCUT2D eigenvalue weighted by atomic mass is 19.1. The first-order chi connectivity index (χ1) is 11.7. The summed E-state index contributed by atoms with van der Waals surface area (Å²) < 4.78 is 15.0. The molecule has 0 amide bonds. The van der Waals surface area contributed by atoms with Crippen LogP contribution < -0.4 is 0 Å². The van der Waals surface area contributed by atoms with Crippen molar-refractivity contribution in [2.75, 3.05) is 0 Å². The maximum atomic E-state index is 13.2. The van der Waals surface area contributed by atoms with Crippen molar-refractivity contribution in [2.24, 2.45) is 5.92 Å². The summed E-state index contributed by atoms with van der Waals surface area (Å²) in [5.74, 6) is 0.213. The molecule has 0 bridgehead atoms. The molecular formula is C20H22FN3. The Morgan fingerprint density at radius 1 is 1.17 bits per heavy atom. The van der Waals surface area contributed by atoms with Crippen LogP contribution in [0.1, 0.15) is 39.2 Å². The van der Waals surface area contributed by atoms with Crippen LogP contribution >= 0.6 is 0 Å². The van der Waals surface area contributed by atoms with Crippen molar-refractivity contribution in [3.8, 4) is 5.69 Å². The molecule has 124 valence electrons. The van der Waals surface area contributed by atoms with E-state index in [0.717, 1.165) is 35.0 Å². The Bertz CT molecular complexity index is 862. The van der Waals surface area contributed by atoms with Crippen LogP contribution in [0, 0.1) is 11.7 Å². The van der Waals surface area contributed by atoms with Crippen LogP contribution in [0.25, 0.3) is 22.2 Å². The van der Waals surface area contributed by atoms with Gasteiger partial charge in [-0.25, -0.2) is 9.07 Å². The fourth-order valence-electron chi connectivity index (χ4n) is 2.98. The van der Waals surface area contributed by atoms with Crippen molar-refractivity contribution < 1.29 is 4.39 Å². The smallest absolute Gasteiger partial charge is 0.123 e. The van der Waals surface area contributed by atoms with Gasteiger partial charge in [0, 0.05) is 17.1 Å². The first kappa shape index (κ1) is 16.4. The van der Waals surface area contributed by atoms with E-state index in [2.05, 4.69) is 36.9 Å². The molecule has 1 unspecified atom stereocenters. The van der Waals surface area contributed by atoms with Crippen molar-refractivity contribution in [3.63, 3.8) is 0 Å².